The molecule has 1 aliphatic carbocycles. The second-order valence-corrected chi connectivity index (χ2v) is 2.73. The standard InChI is InChI=1S/C5H9N3O2/c1-5(2-3-5)8(7-10)4(6)9/h2-3H2,1H3,(H2,6,9). The van der Waals surface area contributed by atoms with Gasteiger partial charge in [0.25, 0.3) is 0 Å². The summed E-state index contributed by atoms with van der Waals surface area (Å²) in [5.74, 6) is 0. The number of hydrogen-bond acceptors (Lipinski definition) is 3. The highest BCUT2D eigenvalue weighted by molar-refractivity contribution is 5.72. The minimum Gasteiger partial charge on any atom is -0.350 e. The molecule has 2 N–H and O–H groups in total. The van der Waals surface area contributed by atoms with Crippen molar-refractivity contribution in [1.29, 1.82) is 0 Å². The molecule has 0 aliphatic heterocycles. The lowest BCUT2D eigenvalue weighted by Crippen LogP contribution is -2.39. The molecule has 1 fully saturated rings. The van der Waals surface area contributed by atoms with Gasteiger partial charge in [-0.3, -0.25) is 0 Å². The van der Waals surface area contributed by atoms with Crippen LogP contribution >= 0.6 is 0 Å². The van der Waals surface area contributed by atoms with Crippen LogP contribution in [0.25, 0.3) is 0 Å². The molecule has 0 saturated heterocycles. The number of amides is 2. The Balaban J connectivity index is 2.65. The molecule has 2 amide bonds. The van der Waals surface area contributed by atoms with Crippen molar-refractivity contribution in [2.24, 2.45) is 11.0 Å². The minimum absolute atomic E-state index is 0.381. The third kappa shape index (κ3) is 0.940. The second-order valence-electron chi connectivity index (χ2n) is 2.73. The van der Waals surface area contributed by atoms with Gasteiger partial charge in [0.2, 0.25) is 0 Å². The fraction of sp³-hybridized carbons (Fsp3) is 0.800. The van der Waals surface area contributed by atoms with E-state index in [1.807, 2.05) is 0 Å². The van der Waals surface area contributed by atoms with Crippen LogP contribution in [0.3, 0.4) is 0 Å². The van der Waals surface area contributed by atoms with Gasteiger partial charge in [0.1, 0.15) is 0 Å². The van der Waals surface area contributed by atoms with Crippen molar-refractivity contribution >= 4 is 6.03 Å². The highest BCUT2D eigenvalue weighted by Gasteiger charge is 2.46. The summed E-state index contributed by atoms with van der Waals surface area (Å²) in [6.45, 7) is 1.78. The molecule has 0 radical (unpaired) electrons. The van der Waals surface area contributed by atoms with Crippen molar-refractivity contribution in [3.05, 3.63) is 4.91 Å². The highest BCUT2D eigenvalue weighted by atomic mass is 16.3. The zero-order valence-corrected chi connectivity index (χ0v) is 5.70. The summed E-state index contributed by atoms with van der Waals surface area (Å²) in [5.41, 5.74) is 4.49. The van der Waals surface area contributed by atoms with E-state index < -0.39 is 6.03 Å². The van der Waals surface area contributed by atoms with Gasteiger partial charge in [-0.25, -0.2) is 4.79 Å². The van der Waals surface area contributed by atoms with Crippen molar-refractivity contribution in [3.63, 3.8) is 0 Å². The van der Waals surface area contributed by atoms with Crippen molar-refractivity contribution in [2.75, 3.05) is 0 Å². The van der Waals surface area contributed by atoms with E-state index in [0.29, 0.717) is 0 Å². The maximum absolute atomic E-state index is 10.5. The predicted octanol–water partition coefficient (Wildman–Crippen LogP) is 0.601. The molecule has 0 heterocycles. The molecule has 0 aromatic carbocycles. The summed E-state index contributed by atoms with van der Waals surface area (Å²) in [7, 11) is 0. The molecule has 1 aliphatic rings. The first kappa shape index (κ1) is 6.98. The molecule has 56 valence electrons. The van der Waals surface area contributed by atoms with E-state index in [-0.39, 0.29) is 5.54 Å². The Morgan fingerprint density at radius 2 is 2.20 bits per heavy atom. The summed E-state index contributed by atoms with van der Waals surface area (Å²) in [4.78, 5) is 20.5. The minimum atomic E-state index is -0.769. The number of primary amides is 1. The average Bonchev–Trinajstić information content (AvgIpc) is 2.49. The summed E-state index contributed by atoms with van der Waals surface area (Å²) in [6.07, 6.45) is 1.61. The molecule has 1 saturated carbocycles. The summed E-state index contributed by atoms with van der Waals surface area (Å²) in [6, 6.07) is -0.769. The van der Waals surface area contributed by atoms with E-state index >= 15 is 0 Å². The molecule has 5 nitrogen and oxygen atoms in total. The number of rotatable bonds is 2. The van der Waals surface area contributed by atoms with Gasteiger partial charge in [-0.1, -0.05) is 0 Å². The molecule has 0 bridgehead atoms. The maximum Gasteiger partial charge on any atom is 0.338 e. The first-order valence-corrected chi connectivity index (χ1v) is 3.03. The zero-order chi connectivity index (χ0) is 7.78. The lowest BCUT2D eigenvalue weighted by atomic mass is 10.3. The Bertz CT molecular complexity index is 176. The van der Waals surface area contributed by atoms with E-state index in [2.05, 4.69) is 5.29 Å². The quantitative estimate of drug-likeness (QED) is 0.454. The van der Waals surface area contributed by atoms with Crippen LogP contribution in [0.4, 0.5) is 4.79 Å². The van der Waals surface area contributed by atoms with Crippen LogP contribution in [0.5, 0.6) is 0 Å². The topological polar surface area (TPSA) is 75.8 Å². The van der Waals surface area contributed by atoms with E-state index in [9.17, 15) is 9.70 Å². The Morgan fingerprint density at radius 1 is 1.70 bits per heavy atom. The monoisotopic (exact) mass is 143 g/mol. The molecule has 0 unspecified atom stereocenters. The Morgan fingerprint density at radius 3 is 2.30 bits per heavy atom. The molecule has 5 heteroatoms. The first-order valence-electron chi connectivity index (χ1n) is 3.03. The van der Waals surface area contributed by atoms with E-state index in [4.69, 9.17) is 5.73 Å². The summed E-state index contributed by atoms with van der Waals surface area (Å²) >= 11 is 0. The van der Waals surface area contributed by atoms with E-state index in [1.165, 1.54) is 0 Å². The molecule has 10 heavy (non-hydrogen) atoms. The van der Waals surface area contributed by atoms with Crippen LogP contribution in [-0.4, -0.2) is 16.6 Å². The molecule has 1 rings (SSSR count). The lowest BCUT2D eigenvalue weighted by Gasteiger charge is -2.16. The summed E-state index contributed by atoms with van der Waals surface area (Å²) in [5, 5.41) is 3.33. The average molecular weight is 143 g/mol. The van der Waals surface area contributed by atoms with Crippen LogP contribution in [0.2, 0.25) is 0 Å². The second kappa shape index (κ2) is 1.93. The lowest BCUT2D eigenvalue weighted by molar-refractivity contribution is 0.183. The predicted molar refractivity (Wildman–Crippen MR) is 34.9 cm³/mol. The van der Waals surface area contributed by atoms with Gasteiger partial charge < -0.3 is 5.73 Å². The van der Waals surface area contributed by atoms with Crippen molar-refractivity contribution in [2.45, 2.75) is 25.3 Å². The number of nitrogens with two attached hydrogens (primary N) is 1. The number of hydrogen-bond donors (Lipinski definition) is 1. The van der Waals surface area contributed by atoms with Gasteiger partial charge in [0, 0.05) is 0 Å². The van der Waals surface area contributed by atoms with Gasteiger partial charge >= 0.3 is 6.03 Å². The van der Waals surface area contributed by atoms with Gasteiger partial charge in [-0.05, 0) is 19.8 Å². The molecular weight excluding hydrogens is 134 g/mol. The summed E-state index contributed by atoms with van der Waals surface area (Å²) < 4.78 is 0. The molecule has 0 spiro atoms. The van der Waals surface area contributed by atoms with Gasteiger partial charge in [0.15, 0.2) is 0 Å². The highest BCUT2D eigenvalue weighted by Crippen LogP contribution is 2.40. The zero-order valence-electron chi connectivity index (χ0n) is 5.70. The molecular formula is C5H9N3O2. The molecule has 0 aromatic rings. The number of nitrogens with zero attached hydrogens (tertiary/aromatic N) is 2. The van der Waals surface area contributed by atoms with Gasteiger partial charge in [-0.2, -0.15) is 5.01 Å². The Kier molecular flexibility index (Phi) is 1.35. The van der Waals surface area contributed by atoms with Crippen LogP contribution in [0.15, 0.2) is 5.29 Å². The van der Waals surface area contributed by atoms with E-state index in [1.54, 1.807) is 6.92 Å². The Labute approximate surface area is 58.1 Å². The van der Waals surface area contributed by atoms with Gasteiger partial charge in [0.05, 0.1) is 10.8 Å². The number of nitroso groups, excluding NO2 is 1. The first-order chi connectivity index (χ1) is 4.60. The van der Waals surface area contributed by atoms with Crippen molar-refractivity contribution in [3.8, 4) is 0 Å². The number of urea groups is 1. The third-order valence-electron chi connectivity index (χ3n) is 1.78. The fourth-order valence-electron chi connectivity index (χ4n) is 0.798. The molecule has 0 atom stereocenters. The van der Waals surface area contributed by atoms with Crippen LogP contribution in [-0.2, 0) is 0 Å². The Hall–Kier alpha value is -1.13. The van der Waals surface area contributed by atoms with Crippen molar-refractivity contribution < 1.29 is 4.79 Å². The number of carbonyl (C=O) groups is 1. The smallest absolute Gasteiger partial charge is 0.338 e. The SMILES string of the molecule is CC1(N(N=O)C(N)=O)CC1. The number of carbonyl (C=O) groups excluding carboxylic acids is 1. The van der Waals surface area contributed by atoms with Crippen LogP contribution in [0, 0.1) is 4.91 Å². The molecule has 0 aromatic heterocycles. The fourth-order valence-corrected chi connectivity index (χ4v) is 0.798. The normalized spacial score (nSPS) is 19.7. The van der Waals surface area contributed by atoms with Crippen LogP contribution in [0.1, 0.15) is 19.8 Å². The maximum atomic E-state index is 10.5. The van der Waals surface area contributed by atoms with Crippen LogP contribution < -0.4 is 5.73 Å². The van der Waals surface area contributed by atoms with E-state index in [0.717, 1.165) is 17.9 Å². The van der Waals surface area contributed by atoms with Crippen molar-refractivity contribution in [1.82, 2.24) is 5.01 Å². The van der Waals surface area contributed by atoms with Gasteiger partial charge in [-0.15, -0.1) is 4.91 Å². The largest absolute Gasteiger partial charge is 0.350 e. The third-order valence-corrected chi connectivity index (χ3v) is 1.78.